The molecule has 62 valence electrons. The molecule has 2 aromatic rings. The van der Waals surface area contributed by atoms with Crippen molar-refractivity contribution in [3.05, 3.63) is 25.7 Å². The number of aromatic amines is 1. The molecule has 0 spiro atoms. The molecule has 5 heteroatoms. The number of nitrogens with one attached hydrogen (secondary N) is 1. The lowest BCUT2D eigenvalue weighted by Crippen LogP contribution is -1.71. The molecule has 1 aromatic heterocycles. The lowest BCUT2D eigenvalue weighted by atomic mass is 10.3. The molecule has 2 rings (SSSR count). The number of aromatic nitrogens is 2. The van der Waals surface area contributed by atoms with E-state index in [1.807, 2.05) is 12.1 Å². The Labute approximate surface area is 94.1 Å². The lowest BCUT2D eigenvalue weighted by molar-refractivity contribution is 1.10. The summed E-state index contributed by atoms with van der Waals surface area (Å²) in [6.07, 6.45) is 0. The van der Waals surface area contributed by atoms with E-state index in [1.54, 1.807) is 0 Å². The van der Waals surface area contributed by atoms with E-state index >= 15 is 0 Å². The fraction of sp³-hybridized carbons (Fsp3) is 0. The highest BCUT2D eigenvalue weighted by molar-refractivity contribution is 9.11. The molecule has 0 bridgehead atoms. The summed E-state index contributed by atoms with van der Waals surface area (Å²) in [4.78, 5) is 0. The number of fused-ring (bicyclic) bond motifs is 1. The number of H-pyrrole nitrogens is 1. The van der Waals surface area contributed by atoms with Crippen LogP contribution in [0.25, 0.3) is 10.9 Å². The minimum Gasteiger partial charge on any atom is -0.270 e. The summed E-state index contributed by atoms with van der Waals surface area (Å²) >= 11 is 10.2. The lowest BCUT2D eigenvalue weighted by Gasteiger charge is -1.94. The molecular weight excluding hydrogens is 352 g/mol. The van der Waals surface area contributed by atoms with Gasteiger partial charge in [0.05, 0.1) is 5.52 Å². The largest absolute Gasteiger partial charge is 0.270 e. The fourth-order valence-corrected chi connectivity index (χ4v) is 3.20. The standard InChI is InChI=1S/C7H3Br3N2/c8-3-1-4(9)6-5(2-3)11-12-7(6)10/h1-2H,(H,11,12). The maximum atomic E-state index is 4.11. The van der Waals surface area contributed by atoms with Crippen molar-refractivity contribution in [1.29, 1.82) is 0 Å². The second kappa shape index (κ2) is 3.12. The summed E-state index contributed by atoms with van der Waals surface area (Å²) in [6.45, 7) is 0. The van der Waals surface area contributed by atoms with Gasteiger partial charge in [-0.2, -0.15) is 5.10 Å². The molecule has 0 aliphatic rings. The number of hydrogen-bond donors (Lipinski definition) is 1. The third-order valence-corrected chi connectivity index (χ3v) is 3.19. The zero-order valence-corrected chi connectivity index (χ0v) is 10.5. The second-order valence-corrected chi connectivity index (χ2v) is 4.88. The van der Waals surface area contributed by atoms with Gasteiger partial charge in [-0.15, -0.1) is 0 Å². The molecule has 0 aliphatic heterocycles. The third-order valence-electron chi connectivity index (χ3n) is 1.53. The van der Waals surface area contributed by atoms with Crippen LogP contribution in [0.5, 0.6) is 0 Å². The number of halogens is 3. The summed E-state index contributed by atoms with van der Waals surface area (Å²) in [5, 5.41) is 8.04. The fourth-order valence-electron chi connectivity index (χ4n) is 1.03. The molecule has 0 saturated carbocycles. The van der Waals surface area contributed by atoms with Crippen molar-refractivity contribution >= 4 is 58.7 Å². The topological polar surface area (TPSA) is 28.7 Å². The van der Waals surface area contributed by atoms with Crippen molar-refractivity contribution in [2.75, 3.05) is 0 Å². The van der Waals surface area contributed by atoms with Crippen LogP contribution in [0.4, 0.5) is 0 Å². The van der Waals surface area contributed by atoms with Gasteiger partial charge in [0, 0.05) is 14.3 Å². The molecule has 1 aromatic carbocycles. The predicted molar refractivity (Wildman–Crippen MR) is 59.2 cm³/mol. The van der Waals surface area contributed by atoms with Gasteiger partial charge >= 0.3 is 0 Å². The smallest absolute Gasteiger partial charge is 0.109 e. The van der Waals surface area contributed by atoms with Gasteiger partial charge in [-0.25, -0.2) is 0 Å². The first-order valence-corrected chi connectivity index (χ1v) is 5.55. The SMILES string of the molecule is Brc1cc(Br)c2c(Br)[nH]nc2c1. The van der Waals surface area contributed by atoms with Gasteiger partial charge < -0.3 is 0 Å². The van der Waals surface area contributed by atoms with Crippen molar-refractivity contribution in [2.24, 2.45) is 0 Å². The molecular formula is C7H3Br3N2. The summed E-state index contributed by atoms with van der Waals surface area (Å²) in [6, 6.07) is 3.95. The molecule has 0 saturated heterocycles. The van der Waals surface area contributed by atoms with E-state index in [4.69, 9.17) is 0 Å². The Kier molecular flexibility index (Phi) is 2.27. The molecule has 1 heterocycles. The molecule has 2 nitrogen and oxygen atoms in total. The Balaban J connectivity index is 2.93. The van der Waals surface area contributed by atoms with Gasteiger partial charge in [0.1, 0.15) is 4.60 Å². The number of hydrogen-bond acceptors (Lipinski definition) is 1. The highest BCUT2D eigenvalue weighted by Gasteiger charge is 2.06. The van der Waals surface area contributed by atoms with Crippen LogP contribution < -0.4 is 0 Å². The van der Waals surface area contributed by atoms with E-state index in [0.29, 0.717) is 0 Å². The highest BCUT2D eigenvalue weighted by Crippen LogP contribution is 2.31. The van der Waals surface area contributed by atoms with Crippen molar-refractivity contribution in [1.82, 2.24) is 10.2 Å². The third kappa shape index (κ3) is 1.34. The molecule has 0 amide bonds. The van der Waals surface area contributed by atoms with E-state index in [2.05, 4.69) is 58.0 Å². The molecule has 0 fully saturated rings. The van der Waals surface area contributed by atoms with Crippen LogP contribution in [-0.4, -0.2) is 10.2 Å². The maximum absolute atomic E-state index is 4.11. The molecule has 0 radical (unpaired) electrons. The number of rotatable bonds is 0. The van der Waals surface area contributed by atoms with Gasteiger partial charge in [-0.1, -0.05) is 15.9 Å². The Morgan fingerprint density at radius 1 is 1.17 bits per heavy atom. The average Bonchev–Trinajstić information content (AvgIpc) is 2.31. The zero-order valence-electron chi connectivity index (χ0n) is 5.74. The van der Waals surface area contributed by atoms with Crippen molar-refractivity contribution in [3.63, 3.8) is 0 Å². The summed E-state index contributed by atoms with van der Waals surface area (Å²) in [5.74, 6) is 0. The first-order chi connectivity index (χ1) is 5.68. The van der Waals surface area contributed by atoms with Crippen LogP contribution in [0, 0.1) is 0 Å². The van der Waals surface area contributed by atoms with Gasteiger partial charge in [0.15, 0.2) is 0 Å². The molecule has 1 N–H and O–H groups in total. The summed E-state index contributed by atoms with van der Waals surface area (Å²) in [5.41, 5.74) is 0.933. The van der Waals surface area contributed by atoms with Crippen LogP contribution in [0.1, 0.15) is 0 Å². The summed E-state index contributed by atoms with van der Waals surface area (Å²) in [7, 11) is 0. The Morgan fingerprint density at radius 2 is 1.92 bits per heavy atom. The summed E-state index contributed by atoms with van der Waals surface area (Å²) < 4.78 is 2.94. The Morgan fingerprint density at radius 3 is 2.67 bits per heavy atom. The zero-order chi connectivity index (χ0) is 8.72. The molecule has 0 atom stereocenters. The normalized spacial score (nSPS) is 10.9. The van der Waals surface area contributed by atoms with Crippen molar-refractivity contribution in [2.45, 2.75) is 0 Å². The Bertz CT molecular complexity index is 435. The van der Waals surface area contributed by atoms with Crippen LogP contribution in [0.3, 0.4) is 0 Å². The predicted octanol–water partition coefficient (Wildman–Crippen LogP) is 3.85. The van der Waals surface area contributed by atoms with E-state index in [1.165, 1.54) is 0 Å². The van der Waals surface area contributed by atoms with Crippen LogP contribution in [0.15, 0.2) is 25.7 Å². The first kappa shape index (κ1) is 8.72. The average molecular weight is 355 g/mol. The van der Waals surface area contributed by atoms with Crippen LogP contribution in [0.2, 0.25) is 0 Å². The number of nitrogens with zero attached hydrogens (tertiary/aromatic N) is 1. The number of benzene rings is 1. The molecule has 0 unspecified atom stereocenters. The van der Waals surface area contributed by atoms with Gasteiger partial charge in [0.25, 0.3) is 0 Å². The highest BCUT2D eigenvalue weighted by atomic mass is 79.9. The monoisotopic (exact) mass is 352 g/mol. The Hall–Kier alpha value is 0.130. The van der Waals surface area contributed by atoms with Gasteiger partial charge in [0.2, 0.25) is 0 Å². The van der Waals surface area contributed by atoms with Crippen LogP contribution in [-0.2, 0) is 0 Å². The van der Waals surface area contributed by atoms with E-state index < -0.39 is 0 Å². The van der Waals surface area contributed by atoms with E-state index in [-0.39, 0.29) is 0 Å². The quantitative estimate of drug-likeness (QED) is 0.765. The van der Waals surface area contributed by atoms with Gasteiger partial charge in [-0.05, 0) is 44.0 Å². The van der Waals surface area contributed by atoms with E-state index in [0.717, 1.165) is 24.5 Å². The van der Waals surface area contributed by atoms with E-state index in [9.17, 15) is 0 Å². The first-order valence-electron chi connectivity index (χ1n) is 3.17. The molecule has 0 aliphatic carbocycles. The van der Waals surface area contributed by atoms with Gasteiger partial charge in [-0.3, -0.25) is 5.10 Å². The van der Waals surface area contributed by atoms with Crippen molar-refractivity contribution in [3.8, 4) is 0 Å². The second-order valence-electron chi connectivity index (χ2n) is 2.32. The van der Waals surface area contributed by atoms with Crippen LogP contribution >= 0.6 is 47.8 Å². The van der Waals surface area contributed by atoms with Crippen molar-refractivity contribution < 1.29 is 0 Å². The minimum absolute atomic E-state index is 0.900. The minimum atomic E-state index is 0.900. The molecule has 12 heavy (non-hydrogen) atoms. The maximum Gasteiger partial charge on any atom is 0.109 e.